The molecule has 0 saturated heterocycles. The van der Waals surface area contributed by atoms with E-state index in [0.717, 1.165) is 16.3 Å². The zero-order valence-corrected chi connectivity index (χ0v) is 30.8. The smallest absolute Gasteiger partial charge is 0.338 e. The fourth-order valence-corrected chi connectivity index (χ4v) is 6.88. The number of esters is 1. The standard InChI is InChI=1S/C38H44N6O7S/c1-6-50-37(47)26-15-18-28(19-16-26)40-33(45)14-8-7-11-23-51-31-20-17-27(38(2,3)4)24-30(31)42-36(46)34(44-22-21-39-25-44)35-41-29-12-9-10-13-32(29)52(48,49)43(35)5/h9-10,12-13,15-22,24-25,34H,6-8,11,14,23H2,1-5H3,(H,40,45)(H,42,46). The summed E-state index contributed by atoms with van der Waals surface area (Å²) in [5.74, 6) is -0.611. The van der Waals surface area contributed by atoms with E-state index in [1.807, 2.05) is 18.2 Å². The Balaban J connectivity index is 1.24. The molecule has 0 bridgehead atoms. The summed E-state index contributed by atoms with van der Waals surface area (Å²) >= 11 is 0. The molecule has 0 saturated carbocycles. The largest absolute Gasteiger partial charge is 0.491 e. The number of fused-ring (bicyclic) bond motifs is 1. The summed E-state index contributed by atoms with van der Waals surface area (Å²) in [4.78, 5) is 47.3. The Morgan fingerprint density at radius 2 is 1.69 bits per heavy atom. The number of amidine groups is 1. The van der Waals surface area contributed by atoms with Gasteiger partial charge in [0.2, 0.25) is 5.91 Å². The van der Waals surface area contributed by atoms with Gasteiger partial charge in [0, 0.05) is 31.5 Å². The molecule has 1 aromatic heterocycles. The second-order valence-electron chi connectivity index (χ2n) is 13.3. The summed E-state index contributed by atoms with van der Waals surface area (Å²) < 4.78 is 40.6. The van der Waals surface area contributed by atoms with E-state index in [4.69, 9.17) is 9.47 Å². The highest BCUT2D eigenvalue weighted by atomic mass is 32.2. The molecule has 4 aromatic rings. The second-order valence-corrected chi connectivity index (χ2v) is 15.2. The van der Waals surface area contributed by atoms with E-state index in [1.54, 1.807) is 55.6 Å². The monoisotopic (exact) mass is 728 g/mol. The number of hydrogen-bond donors (Lipinski definition) is 2. The van der Waals surface area contributed by atoms with Gasteiger partial charge >= 0.3 is 5.97 Å². The number of amides is 2. The maximum Gasteiger partial charge on any atom is 0.338 e. The Morgan fingerprint density at radius 1 is 0.942 bits per heavy atom. The number of sulfonamides is 1. The average Bonchev–Trinajstić information content (AvgIpc) is 3.64. The molecule has 2 heterocycles. The molecule has 1 aliphatic rings. The summed E-state index contributed by atoms with van der Waals surface area (Å²) in [5.41, 5.74) is 2.41. The third-order valence-corrected chi connectivity index (χ3v) is 10.3. The number of para-hydroxylation sites is 1. The highest BCUT2D eigenvalue weighted by molar-refractivity contribution is 7.90. The SMILES string of the molecule is CCOC(=O)c1ccc(NC(=O)CCCCCOc2ccc(C(C)(C)C)cc2NC(=O)C(C2=Nc3ccccc3S(=O)(=O)N2C)n2ccnc2)cc1. The van der Waals surface area contributed by atoms with Crippen LogP contribution in [0.25, 0.3) is 0 Å². The Morgan fingerprint density at radius 3 is 2.38 bits per heavy atom. The van der Waals surface area contributed by atoms with Gasteiger partial charge in [-0.3, -0.25) is 13.9 Å². The maximum absolute atomic E-state index is 14.2. The van der Waals surface area contributed by atoms with E-state index >= 15 is 0 Å². The molecule has 2 amide bonds. The number of nitrogens with one attached hydrogen (secondary N) is 2. The van der Waals surface area contributed by atoms with Gasteiger partial charge in [-0.05, 0) is 85.7 Å². The summed E-state index contributed by atoms with van der Waals surface area (Å²) in [7, 11) is -2.59. The minimum absolute atomic E-state index is 0.0152. The number of imidazole rings is 1. The summed E-state index contributed by atoms with van der Waals surface area (Å²) in [6.45, 7) is 8.55. The first-order valence-electron chi connectivity index (χ1n) is 17.1. The number of hydrogen-bond acceptors (Lipinski definition) is 9. The zero-order valence-electron chi connectivity index (χ0n) is 30.0. The molecule has 1 aliphatic heterocycles. The van der Waals surface area contributed by atoms with Crippen molar-refractivity contribution in [3.05, 3.63) is 96.6 Å². The van der Waals surface area contributed by atoms with Gasteiger partial charge in [-0.25, -0.2) is 23.2 Å². The van der Waals surface area contributed by atoms with E-state index < -0.39 is 27.9 Å². The van der Waals surface area contributed by atoms with Crippen LogP contribution >= 0.6 is 0 Å². The van der Waals surface area contributed by atoms with Gasteiger partial charge in [0.15, 0.2) is 11.9 Å². The van der Waals surface area contributed by atoms with Crippen molar-refractivity contribution in [3.8, 4) is 5.75 Å². The number of anilines is 2. The van der Waals surface area contributed by atoms with Crippen LogP contribution in [0.2, 0.25) is 0 Å². The van der Waals surface area contributed by atoms with Gasteiger partial charge in [-0.15, -0.1) is 0 Å². The van der Waals surface area contributed by atoms with Gasteiger partial charge in [0.1, 0.15) is 10.6 Å². The van der Waals surface area contributed by atoms with E-state index in [9.17, 15) is 22.8 Å². The molecule has 13 nitrogen and oxygen atoms in total. The van der Waals surface area contributed by atoms with Crippen molar-refractivity contribution in [3.63, 3.8) is 0 Å². The minimum atomic E-state index is -3.97. The average molecular weight is 729 g/mol. The number of carbonyl (C=O) groups excluding carboxylic acids is 3. The summed E-state index contributed by atoms with van der Waals surface area (Å²) in [5, 5.41) is 5.83. The second kappa shape index (κ2) is 16.2. The van der Waals surface area contributed by atoms with Gasteiger partial charge in [-0.2, -0.15) is 0 Å². The Kier molecular flexibility index (Phi) is 11.8. The maximum atomic E-state index is 14.2. The molecular weight excluding hydrogens is 685 g/mol. The first-order valence-corrected chi connectivity index (χ1v) is 18.5. The van der Waals surface area contributed by atoms with E-state index in [1.165, 1.54) is 30.2 Å². The molecule has 52 heavy (non-hydrogen) atoms. The van der Waals surface area contributed by atoms with Gasteiger partial charge in [0.05, 0.1) is 36.5 Å². The fraction of sp³-hybridized carbons (Fsp3) is 0.342. The van der Waals surface area contributed by atoms with Crippen LogP contribution < -0.4 is 15.4 Å². The minimum Gasteiger partial charge on any atom is -0.491 e. The van der Waals surface area contributed by atoms with Crippen molar-refractivity contribution in [2.24, 2.45) is 4.99 Å². The molecule has 0 aliphatic carbocycles. The lowest BCUT2D eigenvalue weighted by Crippen LogP contribution is -2.44. The number of likely N-dealkylation sites (N-methyl/N-ethyl adjacent to an activating group) is 1. The number of aliphatic imine (C=N–C) groups is 1. The number of rotatable bonds is 14. The highest BCUT2D eigenvalue weighted by Gasteiger charge is 2.39. The molecule has 3 aromatic carbocycles. The van der Waals surface area contributed by atoms with E-state index in [0.29, 0.717) is 48.6 Å². The van der Waals surface area contributed by atoms with Crippen LogP contribution in [0, 0.1) is 0 Å². The number of unbranched alkanes of at least 4 members (excludes halogenated alkanes) is 2. The molecular formula is C38H44N6O7S. The quantitative estimate of drug-likeness (QED) is 0.110. The fourth-order valence-electron chi connectivity index (χ4n) is 5.57. The third-order valence-electron chi connectivity index (χ3n) is 8.47. The Bertz CT molecular complexity index is 2040. The molecule has 5 rings (SSSR count). The Hall–Kier alpha value is -5.50. The van der Waals surface area contributed by atoms with Crippen molar-refractivity contribution in [1.29, 1.82) is 0 Å². The van der Waals surface area contributed by atoms with Crippen LogP contribution in [-0.4, -0.2) is 66.2 Å². The predicted molar refractivity (Wildman–Crippen MR) is 199 cm³/mol. The van der Waals surface area contributed by atoms with Crippen LogP contribution in [0.4, 0.5) is 17.1 Å². The molecule has 0 spiro atoms. The highest BCUT2D eigenvalue weighted by Crippen LogP contribution is 2.36. The molecule has 274 valence electrons. The van der Waals surface area contributed by atoms with Crippen molar-refractivity contribution < 1.29 is 32.3 Å². The first-order chi connectivity index (χ1) is 24.8. The molecule has 14 heteroatoms. The van der Waals surface area contributed by atoms with Gasteiger partial charge in [-0.1, -0.05) is 39.0 Å². The van der Waals surface area contributed by atoms with Crippen LogP contribution in [-0.2, 0) is 29.8 Å². The number of carbonyl (C=O) groups is 3. The third kappa shape index (κ3) is 8.86. The van der Waals surface area contributed by atoms with Crippen LogP contribution in [0.1, 0.15) is 75.3 Å². The lowest BCUT2D eigenvalue weighted by Gasteiger charge is -2.31. The topological polar surface area (TPSA) is 161 Å². The van der Waals surface area contributed by atoms with Crippen molar-refractivity contribution in [2.75, 3.05) is 30.9 Å². The lowest BCUT2D eigenvalue weighted by molar-refractivity contribution is -0.118. The van der Waals surface area contributed by atoms with Crippen molar-refractivity contribution in [2.45, 2.75) is 69.7 Å². The van der Waals surface area contributed by atoms with E-state index in [2.05, 4.69) is 41.4 Å². The van der Waals surface area contributed by atoms with Crippen LogP contribution in [0.15, 0.2) is 95.3 Å². The first kappa shape index (κ1) is 37.7. The van der Waals surface area contributed by atoms with Gasteiger partial charge < -0.3 is 24.7 Å². The number of benzene rings is 3. The zero-order chi connectivity index (χ0) is 37.5. The number of nitrogens with zero attached hydrogens (tertiary/aromatic N) is 4. The number of ether oxygens (including phenoxy) is 2. The number of aromatic nitrogens is 2. The molecule has 1 unspecified atom stereocenters. The Labute approximate surface area is 304 Å². The van der Waals surface area contributed by atoms with E-state index in [-0.39, 0.29) is 34.3 Å². The lowest BCUT2D eigenvalue weighted by atomic mass is 9.87. The van der Waals surface area contributed by atoms with Crippen LogP contribution in [0.5, 0.6) is 5.75 Å². The molecule has 0 fully saturated rings. The van der Waals surface area contributed by atoms with Gasteiger partial charge in [0.25, 0.3) is 15.9 Å². The molecule has 2 N–H and O–H groups in total. The molecule has 1 atom stereocenters. The van der Waals surface area contributed by atoms with Crippen LogP contribution in [0.3, 0.4) is 0 Å². The normalized spacial score (nSPS) is 14.1. The summed E-state index contributed by atoms with van der Waals surface area (Å²) in [6.07, 6.45) is 6.87. The molecule has 0 radical (unpaired) electrons. The van der Waals surface area contributed by atoms with Crippen molar-refractivity contribution >= 4 is 50.7 Å². The van der Waals surface area contributed by atoms with Crippen molar-refractivity contribution in [1.82, 2.24) is 13.9 Å². The predicted octanol–water partition coefficient (Wildman–Crippen LogP) is 6.48. The summed E-state index contributed by atoms with van der Waals surface area (Å²) in [6, 6.07) is 17.4.